The molecule has 0 saturated carbocycles. The van der Waals surface area contributed by atoms with Crippen LogP contribution in [0, 0.1) is 23.7 Å². The van der Waals surface area contributed by atoms with Gasteiger partial charge in [0, 0.05) is 37.5 Å². The number of nitrogens with zero attached hydrogens (tertiary/aromatic N) is 1. The average Bonchev–Trinajstić information content (AvgIpc) is 3.28. The molecule has 0 radical (unpaired) electrons. The van der Waals surface area contributed by atoms with Gasteiger partial charge in [-0.1, -0.05) is 17.7 Å². The first-order valence-electron chi connectivity index (χ1n) is 11.5. The Bertz CT molecular complexity index is 663. The minimum absolute atomic E-state index is 0.128. The molecule has 3 atom stereocenters. The molecule has 29 heavy (non-hydrogen) atoms. The highest BCUT2D eigenvalue weighted by molar-refractivity contribution is 5.79. The molecular formula is C24H36N2O3. The topological polar surface area (TPSA) is 61.8 Å². The van der Waals surface area contributed by atoms with Crippen LogP contribution in [-0.2, 0) is 9.53 Å². The molecule has 0 aromatic heterocycles. The zero-order chi connectivity index (χ0) is 20.1. The fourth-order valence-corrected chi connectivity index (χ4v) is 5.10. The van der Waals surface area contributed by atoms with Crippen molar-refractivity contribution >= 4 is 5.91 Å². The maximum absolute atomic E-state index is 12.8. The highest BCUT2D eigenvalue weighted by Gasteiger charge is 2.32. The van der Waals surface area contributed by atoms with Gasteiger partial charge in [0.15, 0.2) is 0 Å². The van der Waals surface area contributed by atoms with Crippen LogP contribution in [0.3, 0.4) is 0 Å². The summed E-state index contributed by atoms with van der Waals surface area (Å²) in [6.45, 7) is 4.81. The van der Waals surface area contributed by atoms with Gasteiger partial charge in [-0.3, -0.25) is 4.79 Å². The first-order valence-corrected chi connectivity index (χ1v) is 11.5. The van der Waals surface area contributed by atoms with E-state index in [1.54, 1.807) is 0 Å². The molecule has 160 valence electrons. The van der Waals surface area contributed by atoms with Crippen molar-refractivity contribution in [3.05, 3.63) is 35.6 Å². The fourth-order valence-electron chi connectivity index (χ4n) is 5.10. The molecule has 0 bridgehead atoms. The van der Waals surface area contributed by atoms with Crippen molar-refractivity contribution in [3.63, 3.8) is 0 Å². The summed E-state index contributed by atoms with van der Waals surface area (Å²) < 4.78 is 6.04. The second-order valence-corrected chi connectivity index (χ2v) is 9.18. The number of hydrogen-bond acceptors (Lipinski definition) is 4. The van der Waals surface area contributed by atoms with Crippen LogP contribution in [0.5, 0.6) is 0 Å². The molecule has 3 unspecified atom stereocenters. The molecule has 0 aromatic carbocycles. The SMILES string of the molecule is O=C(C1CC=C(C2C=CC(OCC3CCNCC3)=CC2)CC1)N1CCC(CO)C1. The predicted octanol–water partition coefficient (Wildman–Crippen LogP) is 3.03. The second-order valence-electron chi connectivity index (χ2n) is 9.18. The van der Waals surface area contributed by atoms with Gasteiger partial charge in [-0.2, -0.15) is 0 Å². The van der Waals surface area contributed by atoms with E-state index in [-0.39, 0.29) is 18.4 Å². The number of carbonyl (C=O) groups is 1. The summed E-state index contributed by atoms with van der Waals surface area (Å²) in [5.74, 6) is 2.87. The summed E-state index contributed by atoms with van der Waals surface area (Å²) in [6.07, 6.45) is 16.2. The Hall–Kier alpha value is -1.59. The molecule has 1 amide bonds. The van der Waals surface area contributed by atoms with Crippen molar-refractivity contribution in [2.24, 2.45) is 23.7 Å². The second kappa shape index (κ2) is 9.94. The van der Waals surface area contributed by atoms with Crippen molar-refractivity contribution < 1.29 is 14.6 Å². The number of amides is 1. The minimum atomic E-state index is 0.128. The Morgan fingerprint density at radius 1 is 1.14 bits per heavy atom. The van der Waals surface area contributed by atoms with Gasteiger partial charge in [-0.25, -0.2) is 0 Å². The molecule has 0 spiro atoms. The molecule has 2 fully saturated rings. The number of rotatable bonds is 6. The summed E-state index contributed by atoms with van der Waals surface area (Å²) >= 11 is 0. The lowest BCUT2D eigenvalue weighted by atomic mass is 9.81. The normalized spacial score (nSPS) is 30.8. The van der Waals surface area contributed by atoms with Gasteiger partial charge < -0.3 is 20.1 Å². The molecule has 2 N–H and O–H groups in total. The van der Waals surface area contributed by atoms with Crippen molar-refractivity contribution in [2.75, 3.05) is 39.4 Å². The number of allylic oxidation sites excluding steroid dienone is 5. The van der Waals surface area contributed by atoms with Gasteiger partial charge in [0.1, 0.15) is 5.76 Å². The van der Waals surface area contributed by atoms with Gasteiger partial charge in [0.25, 0.3) is 0 Å². The smallest absolute Gasteiger partial charge is 0.226 e. The standard InChI is InChI=1S/C24H36N2O3/c27-16-19-11-14-26(15-19)24(28)22-3-1-20(2-4-22)21-5-7-23(8-6-21)29-17-18-9-12-25-13-10-18/h1,5,7-8,18-19,21-22,25,27H,2-4,6,9-17H2. The number of aliphatic hydroxyl groups excluding tert-OH is 1. The quantitative estimate of drug-likeness (QED) is 0.673. The molecule has 4 aliphatic rings. The summed E-state index contributed by atoms with van der Waals surface area (Å²) in [5.41, 5.74) is 1.48. The number of hydrogen-bond donors (Lipinski definition) is 2. The first-order chi connectivity index (χ1) is 14.2. The van der Waals surface area contributed by atoms with E-state index in [4.69, 9.17) is 4.74 Å². The van der Waals surface area contributed by atoms with Gasteiger partial charge in [-0.05, 0) is 76.1 Å². The van der Waals surface area contributed by atoms with Crippen molar-refractivity contribution in [1.82, 2.24) is 10.2 Å². The average molecular weight is 401 g/mol. The van der Waals surface area contributed by atoms with Crippen LogP contribution < -0.4 is 5.32 Å². The lowest BCUT2D eigenvalue weighted by Gasteiger charge is -2.29. The van der Waals surface area contributed by atoms with Crippen LogP contribution >= 0.6 is 0 Å². The van der Waals surface area contributed by atoms with E-state index in [9.17, 15) is 9.90 Å². The van der Waals surface area contributed by atoms with E-state index < -0.39 is 0 Å². The third-order valence-corrected chi connectivity index (χ3v) is 7.14. The predicted molar refractivity (Wildman–Crippen MR) is 114 cm³/mol. The van der Waals surface area contributed by atoms with E-state index in [2.05, 4.69) is 29.6 Å². The van der Waals surface area contributed by atoms with Gasteiger partial charge >= 0.3 is 0 Å². The lowest BCUT2D eigenvalue weighted by Crippen LogP contribution is -2.35. The van der Waals surface area contributed by atoms with Crippen molar-refractivity contribution in [1.29, 1.82) is 0 Å². The Labute approximate surface area is 174 Å². The van der Waals surface area contributed by atoms with Crippen LogP contribution in [0.25, 0.3) is 0 Å². The number of carbonyl (C=O) groups excluding carboxylic acids is 1. The van der Waals surface area contributed by atoms with E-state index in [0.717, 1.165) is 70.6 Å². The zero-order valence-corrected chi connectivity index (χ0v) is 17.5. The highest BCUT2D eigenvalue weighted by Crippen LogP contribution is 2.34. The fraction of sp³-hybridized carbons (Fsp3) is 0.708. The van der Waals surface area contributed by atoms with E-state index >= 15 is 0 Å². The van der Waals surface area contributed by atoms with Gasteiger partial charge in [0.05, 0.1) is 6.61 Å². The first kappa shape index (κ1) is 20.7. The Balaban J connectivity index is 1.22. The zero-order valence-electron chi connectivity index (χ0n) is 17.5. The minimum Gasteiger partial charge on any atom is -0.494 e. The van der Waals surface area contributed by atoms with Gasteiger partial charge in [-0.15, -0.1) is 0 Å². The largest absolute Gasteiger partial charge is 0.494 e. The van der Waals surface area contributed by atoms with Crippen LogP contribution in [-0.4, -0.2) is 55.3 Å². The molecular weight excluding hydrogens is 364 g/mol. The van der Waals surface area contributed by atoms with Crippen LogP contribution in [0.4, 0.5) is 0 Å². The monoisotopic (exact) mass is 400 g/mol. The lowest BCUT2D eigenvalue weighted by molar-refractivity contribution is -0.134. The third kappa shape index (κ3) is 5.32. The Morgan fingerprint density at radius 2 is 2.00 bits per heavy atom. The van der Waals surface area contributed by atoms with Gasteiger partial charge in [0.2, 0.25) is 5.91 Å². The molecule has 5 heteroatoms. The molecule has 2 heterocycles. The molecule has 2 saturated heterocycles. The van der Waals surface area contributed by atoms with Crippen LogP contribution in [0.2, 0.25) is 0 Å². The number of aliphatic hydroxyl groups is 1. The number of piperidine rings is 1. The van der Waals surface area contributed by atoms with E-state index in [1.807, 2.05) is 4.90 Å². The number of nitrogens with one attached hydrogen (secondary N) is 1. The molecule has 5 nitrogen and oxygen atoms in total. The Morgan fingerprint density at radius 3 is 2.66 bits per heavy atom. The summed E-state index contributed by atoms with van der Waals surface area (Å²) in [7, 11) is 0. The summed E-state index contributed by atoms with van der Waals surface area (Å²) in [4.78, 5) is 14.7. The summed E-state index contributed by atoms with van der Waals surface area (Å²) in [6, 6.07) is 0. The maximum atomic E-state index is 12.8. The number of ether oxygens (including phenoxy) is 1. The Kier molecular flexibility index (Phi) is 7.09. The molecule has 2 aliphatic heterocycles. The number of likely N-dealkylation sites (tertiary alicyclic amines) is 1. The molecule has 4 rings (SSSR count). The van der Waals surface area contributed by atoms with E-state index in [0.29, 0.717) is 17.7 Å². The third-order valence-electron chi connectivity index (χ3n) is 7.14. The van der Waals surface area contributed by atoms with Crippen molar-refractivity contribution in [3.8, 4) is 0 Å². The van der Waals surface area contributed by atoms with Crippen molar-refractivity contribution in [2.45, 2.75) is 44.9 Å². The van der Waals surface area contributed by atoms with Crippen LogP contribution in [0.15, 0.2) is 35.6 Å². The van der Waals surface area contributed by atoms with E-state index in [1.165, 1.54) is 18.4 Å². The van der Waals surface area contributed by atoms with Crippen LogP contribution in [0.1, 0.15) is 44.9 Å². The summed E-state index contributed by atoms with van der Waals surface area (Å²) in [5, 5.41) is 12.7. The molecule has 0 aromatic rings. The highest BCUT2D eigenvalue weighted by atomic mass is 16.5. The maximum Gasteiger partial charge on any atom is 0.226 e. The molecule has 2 aliphatic carbocycles.